The van der Waals surface area contributed by atoms with Crippen molar-refractivity contribution in [2.24, 2.45) is 0 Å². The van der Waals surface area contributed by atoms with E-state index in [1.54, 1.807) is 19.2 Å². The van der Waals surface area contributed by atoms with E-state index >= 15 is 0 Å². The van der Waals surface area contributed by atoms with Gasteiger partial charge in [0.1, 0.15) is 11.4 Å². The number of pyridine rings is 1. The third-order valence-electron chi connectivity index (χ3n) is 3.82. The van der Waals surface area contributed by atoms with E-state index in [0.29, 0.717) is 35.8 Å². The highest BCUT2D eigenvalue weighted by Crippen LogP contribution is 2.31. The molecule has 20 heavy (non-hydrogen) atoms. The van der Waals surface area contributed by atoms with Crippen LogP contribution in [0.3, 0.4) is 0 Å². The first kappa shape index (κ1) is 14.6. The summed E-state index contributed by atoms with van der Waals surface area (Å²) < 4.78 is 5.12. The van der Waals surface area contributed by atoms with E-state index in [0.717, 1.165) is 12.8 Å². The predicted octanol–water partition coefficient (Wildman–Crippen LogP) is 2.61. The van der Waals surface area contributed by atoms with Crippen LogP contribution in [-0.4, -0.2) is 29.6 Å². The molecule has 0 amide bonds. The molecule has 1 saturated heterocycles. The summed E-state index contributed by atoms with van der Waals surface area (Å²) in [4.78, 5) is 18.8. The van der Waals surface area contributed by atoms with Gasteiger partial charge in [-0.25, -0.2) is 9.78 Å². The first-order chi connectivity index (χ1) is 9.54. The molecule has 5 nitrogen and oxygen atoms in total. The van der Waals surface area contributed by atoms with Crippen LogP contribution in [0.25, 0.3) is 0 Å². The zero-order chi connectivity index (χ0) is 14.7. The molecule has 1 fully saturated rings. The zero-order valence-corrected chi connectivity index (χ0v) is 12.4. The van der Waals surface area contributed by atoms with Crippen molar-refractivity contribution in [2.45, 2.75) is 52.1 Å². The highest BCUT2D eigenvalue weighted by atomic mass is 16.5. The van der Waals surface area contributed by atoms with Gasteiger partial charge in [0.15, 0.2) is 0 Å². The van der Waals surface area contributed by atoms with E-state index in [4.69, 9.17) is 10.5 Å². The Morgan fingerprint density at radius 1 is 1.45 bits per heavy atom. The Morgan fingerprint density at radius 2 is 2.10 bits per heavy atom. The lowest BCUT2D eigenvalue weighted by Crippen LogP contribution is -2.45. The van der Waals surface area contributed by atoms with Crippen LogP contribution in [-0.2, 0) is 4.74 Å². The highest BCUT2D eigenvalue weighted by Gasteiger charge is 2.29. The molecule has 1 aromatic rings. The van der Waals surface area contributed by atoms with E-state index in [9.17, 15) is 4.79 Å². The number of rotatable bonds is 3. The van der Waals surface area contributed by atoms with Crippen molar-refractivity contribution in [3.63, 3.8) is 0 Å². The SMILES string of the molecule is CCOC(=O)c1cc(N)cnc1N1C(C)CCCC1C. The Kier molecular flexibility index (Phi) is 4.47. The summed E-state index contributed by atoms with van der Waals surface area (Å²) in [6.07, 6.45) is 5.03. The number of aromatic nitrogens is 1. The summed E-state index contributed by atoms with van der Waals surface area (Å²) in [5, 5.41) is 0. The number of anilines is 2. The van der Waals surface area contributed by atoms with Crippen LogP contribution in [0.4, 0.5) is 11.5 Å². The number of ether oxygens (including phenoxy) is 1. The number of carbonyl (C=O) groups is 1. The fourth-order valence-electron chi connectivity index (χ4n) is 2.88. The first-order valence-corrected chi connectivity index (χ1v) is 7.25. The Bertz CT molecular complexity index is 480. The lowest BCUT2D eigenvalue weighted by atomic mass is 9.97. The fraction of sp³-hybridized carbons (Fsp3) is 0.600. The molecule has 0 aromatic carbocycles. The summed E-state index contributed by atoms with van der Waals surface area (Å²) in [6, 6.07) is 2.39. The molecule has 1 aliphatic heterocycles. The molecule has 0 bridgehead atoms. The van der Waals surface area contributed by atoms with Gasteiger partial charge in [-0.15, -0.1) is 0 Å². The third kappa shape index (κ3) is 2.86. The lowest BCUT2D eigenvalue weighted by molar-refractivity contribution is 0.0526. The van der Waals surface area contributed by atoms with E-state index in [1.165, 1.54) is 6.42 Å². The van der Waals surface area contributed by atoms with Gasteiger partial charge < -0.3 is 15.4 Å². The van der Waals surface area contributed by atoms with Gasteiger partial charge in [0.2, 0.25) is 0 Å². The van der Waals surface area contributed by atoms with E-state index in [1.807, 2.05) is 0 Å². The molecule has 110 valence electrons. The second-order valence-corrected chi connectivity index (χ2v) is 5.40. The van der Waals surface area contributed by atoms with Crippen molar-refractivity contribution in [1.82, 2.24) is 4.98 Å². The number of nitrogen functional groups attached to an aromatic ring is 1. The topological polar surface area (TPSA) is 68.5 Å². The number of nitrogens with two attached hydrogens (primary N) is 1. The monoisotopic (exact) mass is 277 g/mol. The van der Waals surface area contributed by atoms with Crippen molar-refractivity contribution < 1.29 is 9.53 Å². The van der Waals surface area contributed by atoms with E-state index < -0.39 is 0 Å². The minimum atomic E-state index is -0.354. The van der Waals surface area contributed by atoms with E-state index in [-0.39, 0.29) is 5.97 Å². The number of hydrogen-bond donors (Lipinski definition) is 1. The maximum Gasteiger partial charge on any atom is 0.341 e. The molecule has 2 atom stereocenters. The minimum Gasteiger partial charge on any atom is -0.462 e. The number of piperidine rings is 1. The summed E-state index contributed by atoms with van der Waals surface area (Å²) in [5.74, 6) is 0.338. The molecule has 2 rings (SSSR count). The second-order valence-electron chi connectivity index (χ2n) is 5.40. The van der Waals surface area contributed by atoms with Gasteiger partial charge in [-0.3, -0.25) is 0 Å². The lowest BCUT2D eigenvalue weighted by Gasteiger charge is -2.40. The van der Waals surface area contributed by atoms with Gasteiger partial charge in [-0.2, -0.15) is 0 Å². The van der Waals surface area contributed by atoms with E-state index in [2.05, 4.69) is 23.7 Å². The molecule has 0 aliphatic carbocycles. The number of hydrogen-bond acceptors (Lipinski definition) is 5. The fourth-order valence-corrected chi connectivity index (χ4v) is 2.88. The molecule has 0 saturated carbocycles. The number of nitrogens with zero attached hydrogens (tertiary/aromatic N) is 2. The van der Waals surface area contributed by atoms with Crippen LogP contribution in [0.2, 0.25) is 0 Å². The molecule has 0 radical (unpaired) electrons. The van der Waals surface area contributed by atoms with Gasteiger partial charge in [0.05, 0.1) is 18.5 Å². The predicted molar refractivity (Wildman–Crippen MR) is 79.9 cm³/mol. The quantitative estimate of drug-likeness (QED) is 0.860. The van der Waals surface area contributed by atoms with Crippen LogP contribution in [0.5, 0.6) is 0 Å². The Hall–Kier alpha value is -1.78. The van der Waals surface area contributed by atoms with Crippen molar-refractivity contribution in [3.05, 3.63) is 17.8 Å². The molecule has 2 N–H and O–H groups in total. The molecule has 1 aromatic heterocycles. The third-order valence-corrected chi connectivity index (χ3v) is 3.82. The number of esters is 1. The maximum absolute atomic E-state index is 12.1. The standard InChI is InChI=1S/C15H23N3O2/c1-4-20-15(19)13-8-12(16)9-17-14(13)18-10(2)6-5-7-11(18)3/h8-11H,4-7,16H2,1-3H3. The molecule has 2 unspecified atom stereocenters. The average molecular weight is 277 g/mol. The first-order valence-electron chi connectivity index (χ1n) is 7.25. The summed E-state index contributed by atoms with van der Waals surface area (Å²) in [5.41, 5.74) is 6.72. The summed E-state index contributed by atoms with van der Waals surface area (Å²) in [7, 11) is 0. The Balaban J connectivity index is 2.41. The molecular weight excluding hydrogens is 254 g/mol. The van der Waals surface area contributed by atoms with Crippen LogP contribution in [0.15, 0.2) is 12.3 Å². The number of carbonyl (C=O) groups excluding carboxylic acids is 1. The van der Waals surface area contributed by atoms with Gasteiger partial charge in [-0.05, 0) is 46.1 Å². The minimum absolute atomic E-state index is 0.345. The summed E-state index contributed by atoms with van der Waals surface area (Å²) >= 11 is 0. The molecular formula is C15H23N3O2. The molecule has 1 aliphatic rings. The largest absolute Gasteiger partial charge is 0.462 e. The van der Waals surface area contributed by atoms with Gasteiger partial charge in [-0.1, -0.05) is 0 Å². The van der Waals surface area contributed by atoms with Crippen LogP contribution >= 0.6 is 0 Å². The average Bonchev–Trinajstić information content (AvgIpc) is 2.40. The van der Waals surface area contributed by atoms with Crippen molar-refractivity contribution in [2.75, 3.05) is 17.2 Å². The van der Waals surface area contributed by atoms with Gasteiger partial charge in [0.25, 0.3) is 0 Å². The zero-order valence-electron chi connectivity index (χ0n) is 12.4. The Morgan fingerprint density at radius 3 is 2.70 bits per heavy atom. The summed E-state index contributed by atoms with van der Waals surface area (Å²) in [6.45, 7) is 6.48. The smallest absolute Gasteiger partial charge is 0.341 e. The second kappa shape index (κ2) is 6.11. The van der Waals surface area contributed by atoms with Crippen molar-refractivity contribution >= 4 is 17.5 Å². The van der Waals surface area contributed by atoms with Crippen molar-refractivity contribution in [1.29, 1.82) is 0 Å². The molecule has 5 heteroatoms. The molecule has 0 spiro atoms. The maximum atomic E-state index is 12.1. The highest BCUT2D eigenvalue weighted by molar-refractivity contribution is 5.95. The normalized spacial score (nSPS) is 22.6. The van der Waals surface area contributed by atoms with Crippen LogP contribution in [0, 0.1) is 0 Å². The van der Waals surface area contributed by atoms with Crippen LogP contribution < -0.4 is 10.6 Å². The van der Waals surface area contributed by atoms with Crippen molar-refractivity contribution in [3.8, 4) is 0 Å². The Labute approximate surface area is 120 Å². The molecule has 2 heterocycles. The van der Waals surface area contributed by atoms with Gasteiger partial charge in [0, 0.05) is 12.1 Å². The van der Waals surface area contributed by atoms with Gasteiger partial charge >= 0.3 is 5.97 Å². The van der Waals surface area contributed by atoms with Crippen LogP contribution in [0.1, 0.15) is 50.4 Å².